The molecule has 88 valence electrons. The largest absolute Gasteiger partial charge is 0.492 e. The maximum atomic E-state index is 14.1. The second kappa shape index (κ2) is 4.84. The van der Waals surface area contributed by atoms with Crippen molar-refractivity contribution in [3.8, 4) is 16.9 Å². The summed E-state index contributed by atoms with van der Waals surface area (Å²) in [4.78, 5) is 0. The first-order valence-electron chi connectivity index (χ1n) is 4.92. The van der Waals surface area contributed by atoms with Crippen LogP contribution >= 0.6 is 15.9 Å². The van der Waals surface area contributed by atoms with Crippen molar-refractivity contribution in [3.05, 3.63) is 52.5 Å². The highest BCUT2D eigenvalue weighted by Crippen LogP contribution is 2.37. The molecule has 2 rings (SSSR count). The van der Waals surface area contributed by atoms with Gasteiger partial charge in [0.25, 0.3) is 0 Å². The number of benzene rings is 2. The van der Waals surface area contributed by atoms with E-state index in [4.69, 9.17) is 4.74 Å². The van der Waals surface area contributed by atoms with E-state index in [9.17, 15) is 8.78 Å². The fourth-order valence-electron chi connectivity index (χ4n) is 1.63. The molecule has 0 aliphatic rings. The number of hydrogen-bond acceptors (Lipinski definition) is 1. The molecule has 17 heavy (non-hydrogen) atoms. The lowest BCUT2D eigenvalue weighted by Gasteiger charge is -2.10. The number of rotatable bonds is 2. The molecule has 0 unspecified atom stereocenters. The summed E-state index contributed by atoms with van der Waals surface area (Å²) in [6.07, 6.45) is 0. The van der Waals surface area contributed by atoms with E-state index >= 15 is 0 Å². The lowest BCUT2D eigenvalue weighted by atomic mass is 10.0. The van der Waals surface area contributed by atoms with Crippen molar-refractivity contribution >= 4 is 15.9 Å². The molecule has 0 aliphatic carbocycles. The van der Waals surface area contributed by atoms with Gasteiger partial charge >= 0.3 is 0 Å². The predicted octanol–water partition coefficient (Wildman–Crippen LogP) is 4.40. The smallest absolute Gasteiger partial charge is 0.176 e. The summed E-state index contributed by atoms with van der Waals surface area (Å²) in [5.41, 5.74) is 0.402. The molecule has 0 atom stereocenters. The molecule has 0 spiro atoms. The Kier molecular flexibility index (Phi) is 3.43. The maximum absolute atomic E-state index is 14.1. The quantitative estimate of drug-likeness (QED) is 0.798. The van der Waals surface area contributed by atoms with E-state index in [0.717, 1.165) is 0 Å². The third-order valence-corrected chi connectivity index (χ3v) is 2.98. The van der Waals surface area contributed by atoms with Crippen molar-refractivity contribution in [1.82, 2.24) is 0 Å². The van der Waals surface area contributed by atoms with Gasteiger partial charge in [0.1, 0.15) is 5.82 Å². The molecular formula is C13H9BrF2O. The molecule has 0 heterocycles. The molecule has 0 amide bonds. The average molecular weight is 299 g/mol. The fourth-order valence-corrected chi connectivity index (χ4v) is 2.17. The molecule has 4 heteroatoms. The Labute approximate surface area is 106 Å². The zero-order chi connectivity index (χ0) is 12.4. The topological polar surface area (TPSA) is 9.23 Å². The van der Waals surface area contributed by atoms with Crippen molar-refractivity contribution in [3.63, 3.8) is 0 Å². The maximum Gasteiger partial charge on any atom is 0.176 e. The monoisotopic (exact) mass is 298 g/mol. The number of hydrogen-bond donors (Lipinski definition) is 0. The van der Waals surface area contributed by atoms with Gasteiger partial charge in [0.05, 0.1) is 17.1 Å². The lowest BCUT2D eigenvalue weighted by molar-refractivity contribution is 0.382. The standard InChI is InChI=1S/C13H9BrF2O/c1-17-13-9(14)7-10(15)11(12(13)16)8-5-3-2-4-6-8/h2-7H,1H3. The van der Waals surface area contributed by atoms with Crippen LogP contribution in [-0.2, 0) is 0 Å². The summed E-state index contributed by atoms with van der Waals surface area (Å²) in [6.45, 7) is 0. The molecule has 0 N–H and O–H groups in total. The van der Waals surface area contributed by atoms with Crippen LogP contribution in [0.15, 0.2) is 40.9 Å². The highest BCUT2D eigenvalue weighted by molar-refractivity contribution is 9.10. The van der Waals surface area contributed by atoms with Gasteiger partial charge in [-0.25, -0.2) is 8.78 Å². The van der Waals surface area contributed by atoms with E-state index in [1.54, 1.807) is 30.3 Å². The zero-order valence-corrected chi connectivity index (χ0v) is 10.6. The summed E-state index contributed by atoms with van der Waals surface area (Å²) >= 11 is 3.06. The van der Waals surface area contributed by atoms with Crippen LogP contribution in [0.4, 0.5) is 8.78 Å². The molecular weight excluding hydrogens is 290 g/mol. The Bertz CT molecular complexity index is 541. The van der Waals surface area contributed by atoms with Crippen molar-refractivity contribution in [2.75, 3.05) is 7.11 Å². The molecule has 0 fully saturated rings. The average Bonchev–Trinajstić information content (AvgIpc) is 2.30. The third kappa shape index (κ3) is 2.17. The van der Waals surface area contributed by atoms with Crippen molar-refractivity contribution in [2.24, 2.45) is 0 Å². The predicted molar refractivity (Wildman–Crippen MR) is 66.0 cm³/mol. The van der Waals surface area contributed by atoms with Gasteiger partial charge in [-0.05, 0) is 27.6 Å². The first kappa shape index (κ1) is 12.0. The molecule has 2 aromatic carbocycles. The van der Waals surface area contributed by atoms with Gasteiger partial charge < -0.3 is 4.74 Å². The molecule has 2 aromatic rings. The van der Waals surface area contributed by atoms with Crippen LogP contribution in [0, 0.1) is 11.6 Å². The van der Waals surface area contributed by atoms with Gasteiger partial charge in [0.15, 0.2) is 11.6 Å². The Morgan fingerprint density at radius 1 is 1.12 bits per heavy atom. The van der Waals surface area contributed by atoms with E-state index < -0.39 is 11.6 Å². The Hall–Kier alpha value is -1.42. The van der Waals surface area contributed by atoms with Crippen LogP contribution in [0.2, 0.25) is 0 Å². The summed E-state index contributed by atoms with van der Waals surface area (Å²) in [6, 6.07) is 9.73. The first-order chi connectivity index (χ1) is 8.15. The van der Waals surface area contributed by atoms with Gasteiger partial charge in [-0.15, -0.1) is 0 Å². The van der Waals surface area contributed by atoms with Crippen molar-refractivity contribution < 1.29 is 13.5 Å². The summed E-state index contributed by atoms with van der Waals surface area (Å²) in [7, 11) is 1.34. The van der Waals surface area contributed by atoms with Crippen LogP contribution in [0.25, 0.3) is 11.1 Å². The highest BCUT2D eigenvalue weighted by atomic mass is 79.9. The SMILES string of the molecule is COc1c(Br)cc(F)c(-c2ccccc2)c1F. The second-order valence-corrected chi connectivity index (χ2v) is 4.28. The Morgan fingerprint density at radius 3 is 2.35 bits per heavy atom. The van der Waals surface area contributed by atoms with Crippen LogP contribution in [0.5, 0.6) is 5.75 Å². The summed E-state index contributed by atoms with van der Waals surface area (Å²) in [5.74, 6) is -1.32. The van der Waals surface area contributed by atoms with E-state index in [1.165, 1.54) is 13.2 Å². The summed E-state index contributed by atoms with van der Waals surface area (Å²) in [5, 5.41) is 0. The van der Waals surface area contributed by atoms with Gasteiger partial charge in [-0.3, -0.25) is 0 Å². The molecule has 0 bridgehead atoms. The molecule has 0 radical (unpaired) electrons. The van der Waals surface area contributed by atoms with E-state index in [0.29, 0.717) is 5.56 Å². The number of halogens is 3. The molecule has 0 aromatic heterocycles. The van der Waals surface area contributed by atoms with E-state index in [1.807, 2.05) is 0 Å². The van der Waals surface area contributed by atoms with Gasteiger partial charge in [0, 0.05) is 0 Å². The zero-order valence-electron chi connectivity index (χ0n) is 9.01. The minimum Gasteiger partial charge on any atom is -0.492 e. The third-order valence-electron chi connectivity index (χ3n) is 2.39. The minimum atomic E-state index is -0.703. The molecule has 1 nitrogen and oxygen atoms in total. The Morgan fingerprint density at radius 2 is 1.76 bits per heavy atom. The van der Waals surface area contributed by atoms with Crippen LogP contribution in [-0.4, -0.2) is 7.11 Å². The minimum absolute atomic E-state index is 0.00486. The molecule has 0 saturated heterocycles. The van der Waals surface area contributed by atoms with Crippen molar-refractivity contribution in [2.45, 2.75) is 0 Å². The normalized spacial score (nSPS) is 10.4. The lowest BCUT2D eigenvalue weighted by Crippen LogP contribution is -1.96. The summed E-state index contributed by atoms with van der Waals surface area (Å²) < 4.78 is 33.0. The van der Waals surface area contributed by atoms with E-state index in [2.05, 4.69) is 15.9 Å². The van der Waals surface area contributed by atoms with Gasteiger partial charge in [-0.1, -0.05) is 30.3 Å². The van der Waals surface area contributed by atoms with Crippen molar-refractivity contribution in [1.29, 1.82) is 0 Å². The first-order valence-corrected chi connectivity index (χ1v) is 5.71. The van der Waals surface area contributed by atoms with Crippen LogP contribution in [0.3, 0.4) is 0 Å². The van der Waals surface area contributed by atoms with Crippen LogP contribution in [0.1, 0.15) is 0 Å². The number of ether oxygens (including phenoxy) is 1. The molecule has 0 aliphatic heterocycles. The van der Waals surface area contributed by atoms with Gasteiger partial charge in [0.2, 0.25) is 0 Å². The second-order valence-electron chi connectivity index (χ2n) is 3.43. The van der Waals surface area contributed by atoms with Crippen LogP contribution < -0.4 is 4.74 Å². The highest BCUT2D eigenvalue weighted by Gasteiger charge is 2.19. The van der Waals surface area contributed by atoms with E-state index in [-0.39, 0.29) is 15.8 Å². The Balaban J connectivity index is 2.70. The molecule has 0 saturated carbocycles. The number of methoxy groups -OCH3 is 1. The fraction of sp³-hybridized carbons (Fsp3) is 0.0769. The van der Waals surface area contributed by atoms with Gasteiger partial charge in [-0.2, -0.15) is 0 Å².